The second kappa shape index (κ2) is 9.36. The topological polar surface area (TPSA) is 46.6 Å². The van der Waals surface area contributed by atoms with Crippen molar-refractivity contribution in [2.75, 3.05) is 0 Å². The predicted molar refractivity (Wildman–Crippen MR) is 143 cm³/mol. The minimum atomic E-state index is -0.228. The number of fused-ring (bicyclic) bond motifs is 3. The van der Waals surface area contributed by atoms with Crippen molar-refractivity contribution in [1.29, 1.82) is 0 Å². The van der Waals surface area contributed by atoms with Gasteiger partial charge in [-0.1, -0.05) is 64.1 Å². The zero-order chi connectivity index (χ0) is 25.7. The van der Waals surface area contributed by atoms with Crippen LogP contribution in [0.5, 0.6) is 0 Å². The summed E-state index contributed by atoms with van der Waals surface area (Å²) in [6.07, 6.45) is 6.56. The molecular formula is C32H41NO3. The van der Waals surface area contributed by atoms with Crippen LogP contribution in [0, 0.1) is 12.8 Å². The maximum atomic E-state index is 14.0. The number of Topliss-reactive ketones (excluding diaryl/α,β-unsaturated/α-hetero) is 1. The molecule has 1 aliphatic carbocycles. The Balaban J connectivity index is 1.34. The SMILES string of the molecule is Cc1cc2c(cc1C(=O)C1CC3CCCC(C1)N3C(=O)OCc1ccccc1)C(C)(C)CCC2(C)C. The average Bonchev–Trinajstić information content (AvgIpc) is 2.84. The molecule has 2 atom stereocenters. The maximum Gasteiger partial charge on any atom is 0.410 e. The van der Waals surface area contributed by atoms with Crippen molar-refractivity contribution in [1.82, 2.24) is 4.90 Å². The van der Waals surface area contributed by atoms with Gasteiger partial charge in [-0.2, -0.15) is 0 Å². The van der Waals surface area contributed by atoms with E-state index in [1.165, 1.54) is 17.5 Å². The Hall–Kier alpha value is -2.62. The fraction of sp³-hybridized carbons (Fsp3) is 0.562. The minimum Gasteiger partial charge on any atom is -0.445 e. The van der Waals surface area contributed by atoms with Crippen LogP contribution in [0.3, 0.4) is 0 Å². The molecule has 3 aliphatic rings. The van der Waals surface area contributed by atoms with Gasteiger partial charge in [-0.15, -0.1) is 0 Å². The van der Waals surface area contributed by atoms with Crippen LogP contribution < -0.4 is 0 Å². The Kier molecular flexibility index (Phi) is 6.51. The first-order valence-electron chi connectivity index (χ1n) is 13.8. The molecule has 2 unspecified atom stereocenters. The molecule has 0 aromatic heterocycles. The number of hydrogen-bond acceptors (Lipinski definition) is 3. The third kappa shape index (κ3) is 4.60. The summed E-state index contributed by atoms with van der Waals surface area (Å²) < 4.78 is 5.71. The van der Waals surface area contributed by atoms with Gasteiger partial charge in [-0.05, 0) is 91.0 Å². The monoisotopic (exact) mass is 487 g/mol. The smallest absolute Gasteiger partial charge is 0.410 e. The summed E-state index contributed by atoms with van der Waals surface area (Å²) in [5.74, 6) is 0.235. The van der Waals surface area contributed by atoms with Crippen LogP contribution >= 0.6 is 0 Å². The van der Waals surface area contributed by atoms with Crippen molar-refractivity contribution in [3.8, 4) is 0 Å². The molecule has 0 saturated carbocycles. The molecule has 1 amide bonds. The van der Waals surface area contributed by atoms with E-state index in [0.717, 1.165) is 55.2 Å². The lowest BCUT2D eigenvalue weighted by atomic mass is 9.62. The maximum absolute atomic E-state index is 14.0. The third-order valence-electron chi connectivity index (χ3n) is 9.22. The van der Waals surface area contributed by atoms with Gasteiger partial charge >= 0.3 is 6.09 Å². The lowest BCUT2D eigenvalue weighted by Crippen LogP contribution is -2.55. The first-order chi connectivity index (χ1) is 17.1. The molecule has 5 rings (SSSR count). The minimum absolute atomic E-state index is 0.0325. The molecule has 2 heterocycles. The van der Waals surface area contributed by atoms with E-state index in [0.29, 0.717) is 6.61 Å². The lowest BCUT2D eigenvalue weighted by molar-refractivity contribution is 0.00470. The molecule has 36 heavy (non-hydrogen) atoms. The highest BCUT2D eigenvalue weighted by atomic mass is 16.6. The summed E-state index contributed by atoms with van der Waals surface area (Å²) >= 11 is 0. The molecule has 0 spiro atoms. The van der Waals surface area contributed by atoms with E-state index in [2.05, 4.69) is 46.8 Å². The van der Waals surface area contributed by atoms with E-state index in [1.807, 2.05) is 35.2 Å². The fourth-order valence-corrected chi connectivity index (χ4v) is 6.89. The van der Waals surface area contributed by atoms with Crippen molar-refractivity contribution in [2.24, 2.45) is 5.92 Å². The molecule has 0 N–H and O–H groups in total. The van der Waals surface area contributed by atoms with Gasteiger partial charge in [-0.25, -0.2) is 4.79 Å². The quantitative estimate of drug-likeness (QED) is 0.420. The van der Waals surface area contributed by atoms with Crippen molar-refractivity contribution in [3.05, 3.63) is 70.3 Å². The zero-order valence-electron chi connectivity index (χ0n) is 22.6. The number of rotatable bonds is 4. The number of carbonyl (C=O) groups is 2. The highest BCUT2D eigenvalue weighted by Crippen LogP contribution is 2.47. The van der Waals surface area contributed by atoms with Gasteiger partial charge < -0.3 is 9.64 Å². The normalized spacial score (nSPS) is 26.1. The summed E-state index contributed by atoms with van der Waals surface area (Å²) in [5, 5.41) is 0. The van der Waals surface area contributed by atoms with Crippen molar-refractivity contribution in [3.63, 3.8) is 0 Å². The second-order valence-electron chi connectivity index (χ2n) is 12.7. The molecule has 2 bridgehead atoms. The Labute approximate surface area is 216 Å². The summed E-state index contributed by atoms with van der Waals surface area (Å²) in [4.78, 5) is 29.0. The molecule has 4 heteroatoms. The molecule has 2 saturated heterocycles. The summed E-state index contributed by atoms with van der Waals surface area (Å²) in [6, 6.07) is 14.5. The van der Waals surface area contributed by atoms with Crippen molar-refractivity contribution < 1.29 is 14.3 Å². The molecule has 192 valence electrons. The first-order valence-corrected chi connectivity index (χ1v) is 13.8. The number of ether oxygens (including phenoxy) is 1. The van der Waals surface area contributed by atoms with Gasteiger partial charge in [0.05, 0.1) is 0 Å². The van der Waals surface area contributed by atoms with E-state index in [9.17, 15) is 9.59 Å². The van der Waals surface area contributed by atoms with Crippen LogP contribution in [0.4, 0.5) is 4.79 Å². The molecule has 4 nitrogen and oxygen atoms in total. The van der Waals surface area contributed by atoms with Gasteiger partial charge in [0.15, 0.2) is 5.78 Å². The number of aryl methyl sites for hydroxylation is 1. The van der Waals surface area contributed by atoms with Gasteiger partial charge in [0.2, 0.25) is 0 Å². The number of carbonyl (C=O) groups excluding carboxylic acids is 2. The van der Waals surface area contributed by atoms with Crippen LogP contribution in [0.2, 0.25) is 0 Å². The molecule has 2 aliphatic heterocycles. The van der Waals surface area contributed by atoms with Crippen molar-refractivity contribution >= 4 is 11.9 Å². The molecule has 2 aromatic rings. The van der Waals surface area contributed by atoms with Gasteiger partial charge in [-0.3, -0.25) is 4.79 Å². The molecular weight excluding hydrogens is 446 g/mol. The number of ketones is 1. The van der Waals surface area contributed by atoms with Crippen LogP contribution in [0.1, 0.15) is 105 Å². The van der Waals surface area contributed by atoms with E-state index in [-0.39, 0.29) is 40.7 Å². The van der Waals surface area contributed by atoms with Crippen LogP contribution in [-0.4, -0.2) is 28.9 Å². The highest BCUT2D eigenvalue weighted by molar-refractivity contribution is 5.99. The van der Waals surface area contributed by atoms with E-state index in [4.69, 9.17) is 4.74 Å². The third-order valence-corrected chi connectivity index (χ3v) is 9.22. The Bertz CT molecular complexity index is 1140. The van der Waals surface area contributed by atoms with Crippen LogP contribution in [0.25, 0.3) is 0 Å². The summed E-state index contributed by atoms with van der Waals surface area (Å²) in [5.41, 5.74) is 5.95. The Morgan fingerprint density at radius 3 is 2.11 bits per heavy atom. The summed E-state index contributed by atoms with van der Waals surface area (Å²) in [6.45, 7) is 11.7. The second-order valence-corrected chi connectivity index (χ2v) is 12.7. The van der Waals surface area contributed by atoms with Crippen molar-refractivity contribution in [2.45, 2.75) is 109 Å². The number of hydrogen-bond donors (Lipinski definition) is 0. The fourth-order valence-electron chi connectivity index (χ4n) is 6.89. The number of benzene rings is 2. The molecule has 0 radical (unpaired) electrons. The van der Waals surface area contributed by atoms with Crippen LogP contribution in [-0.2, 0) is 22.2 Å². The van der Waals surface area contributed by atoms with E-state index in [1.54, 1.807) is 0 Å². The average molecular weight is 488 g/mol. The number of piperidine rings is 2. The lowest BCUT2D eigenvalue weighted by Gasteiger charge is -2.48. The predicted octanol–water partition coefficient (Wildman–Crippen LogP) is 7.50. The molecule has 2 fully saturated rings. The summed E-state index contributed by atoms with van der Waals surface area (Å²) in [7, 11) is 0. The number of nitrogens with zero attached hydrogens (tertiary/aromatic N) is 1. The van der Waals surface area contributed by atoms with Crippen LogP contribution in [0.15, 0.2) is 42.5 Å². The molecule has 2 aromatic carbocycles. The standard InChI is InChI=1S/C32H41NO3/c1-21-16-27-28(32(4,5)15-14-31(27,2)3)19-26(21)29(34)23-17-24-12-9-13-25(18-23)33(24)30(35)36-20-22-10-7-6-8-11-22/h6-8,10-11,16,19,23-25H,9,12-15,17-18,20H2,1-5H3. The number of amides is 1. The Morgan fingerprint density at radius 2 is 1.50 bits per heavy atom. The highest BCUT2D eigenvalue weighted by Gasteiger charge is 2.44. The Morgan fingerprint density at radius 1 is 0.917 bits per heavy atom. The van der Waals surface area contributed by atoms with Gasteiger partial charge in [0.1, 0.15) is 6.61 Å². The van der Waals surface area contributed by atoms with E-state index < -0.39 is 0 Å². The van der Waals surface area contributed by atoms with Gasteiger partial charge in [0.25, 0.3) is 0 Å². The zero-order valence-corrected chi connectivity index (χ0v) is 22.6. The van der Waals surface area contributed by atoms with E-state index >= 15 is 0 Å². The first kappa shape index (κ1) is 25.0. The largest absolute Gasteiger partial charge is 0.445 e. The van der Waals surface area contributed by atoms with Gasteiger partial charge in [0, 0.05) is 23.6 Å².